The van der Waals surface area contributed by atoms with E-state index in [1.165, 1.54) is 0 Å². The van der Waals surface area contributed by atoms with Gasteiger partial charge in [0, 0.05) is 6.42 Å². The maximum Gasteiger partial charge on any atom is 1.00 e. The standard InChI is InChI=1S/C12H11Cl2N7O4S.Na.H/c13-9-18-4-16-7(20-9)11(26(23,24)25)2-1-6(22)12(15,3-11)8-17-5-19-10(14)21-8;;/h1-2,4-6,22H,3,15H2,(H,23,24,25);;/q;+1;-1. The first kappa shape index (κ1) is 22.5. The Kier molecular flexibility index (Phi) is 6.56. The third kappa shape index (κ3) is 3.99. The van der Waals surface area contributed by atoms with Crippen molar-refractivity contribution in [1.82, 2.24) is 29.9 Å². The normalized spacial score (nSPS) is 27.8. The first-order chi connectivity index (χ1) is 12.1. The molecule has 15 heteroatoms. The van der Waals surface area contributed by atoms with Gasteiger partial charge >= 0.3 is 29.6 Å². The van der Waals surface area contributed by atoms with E-state index in [0.29, 0.717) is 0 Å². The Hall–Kier alpha value is -0.830. The average Bonchev–Trinajstić information content (AvgIpc) is 2.56. The number of nitrogens with two attached hydrogens (primary N) is 1. The second-order valence-corrected chi connectivity index (χ2v) is 7.90. The van der Waals surface area contributed by atoms with Gasteiger partial charge < -0.3 is 12.3 Å². The maximum atomic E-state index is 12.3. The Balaban J connectivity index is 0.00000196. The predicted octanol–water partition coefficient (Wildman–Crippen LogP) is -3.26. The summed E-state index contributed by atoms with van der Waals surface area (Å²) in [6.45, 7) is 0. The van der Waals surface area contributed by atoms with Crippen molar-refractivity contribution in [2.24, 2.45) is 5.73 Å². The van der Waals surface area contributed by atoms with Crippen molar-refractivity contribution in [3.8, 4) is 0 Å². The molecule has 1 aliphatic carbocycles. The number of nitrogens with zero attached hydrogens (tertiary/aromatic N) is 6. The molecular weight excluding hydrogens is 432 g/mol. The molecule has 2 aromatic rings. The molecule has 3 atom stereocenters. The summed E-state index contributed by atoms with van der Waals surface area (Å²) < 4.78 is 32.2. The zero-order chi connectivity index (χ0) is 19.2. The van der Waals surface area contributed by atoms with Crippen molar-refractivity contribution in [2.75, 3.05) is 0 Å². The van der Waals surface area contributed by atoms with Gasteiger partial charge in [0.1, 0.15) is 18.2 Å². The van der Waals surface area contributed by atoms with E-state index in [2.05, 4.69) is 29.9 Å². The van der Waals surface area contributed by atoms with E-state index < -0.39 is 32.9 Å². The monoisotopic (exact) mass is 443 g/mol. The fourth-order valence-electron chi connectivity index (χ4n) is 2.65. The number of hydrogen-bond donors (Lipinski definition) is 3. The van der Waals surface area contributed by atoms with Gasteiger partial charge in [0.25, 0.3) is 10.1 Å². The fraction of sp³-hybridized carbons (Fsp3) is 0.333. The van der Waals surface area contributed by atoms with Crippen LogP contribution in [0.3, 0.4) is 0 Å². The van der Waals surface area contributed by atoms with E-state index in [-0.39, 0.29) is 53.2 Å². The van der Waals surface area contributed by atoms with Crippen LogP contribution in [0.4, 0.5) is 0 Å². The van der Waals surface area contributed by atoms with Crippen molar-refractivity contribution >= 4 is 33.3 Å². The molecule has 3 rings (SSSR count). The third-order valence-corrected chi connectivity index (χ3v) is 5.72. The topological polar surface area (TPSA) is 178 Å². The Labute approximate surface area is 187 Å². The number of aliphatic hydroxyl groups excluding tert-OH is 1. The molecule has 0 bridgehead atoms. The van der Waals surface area contributed by atoms with E-state index in [1.54, 1.807) is 0 Å². The molecule has 3 unspecified atom stereocenters. The second kappa shape index (κ2) is 7.89. The molecule has 1 aliphatic rings. The Morgan fingerprint density at radius 2 is 1.63 bits per heavy atom. The molecule has 0 amide bonds. The molecule has 11 nitrogen and oxygen atoms in total. The zero-order valence-electron chi connectivity index (χ0n) is 14.7. The molecule has 0 radical (unpaired) electrons. The number of aliphatic hydroxyl groups is 1. The van der Waals surface area contributed by atoms with E-state index in [4.69, 9.17) is 28.9 Å². The first-order valence-corrected chi connectivity index (χ1v) is 9.11. The first-order valence-electron chi connectivity index (χ1n) is 6.92. The third-order valence-electron chi connectivity index (χ3n) is 3.97. The molecule has 27 heavy (non-hydrogen) atoms. The van der Waals surface area contributed by atoms with E-state index in [9.17, 15) is 18.1 Å². The van der Waals surface area contributed by atoms with Crippen LogP contribution in [0.2, 0.25) is 10.6 Å². The van der Waals surface area contributed by atoms with Gasteiger partial charge in [0.15, 0.2) is 16.4 Å². The molecule has 0 spiro atoms. The van der Waals surface area contributed by atoms with E-state index >= 15 is 0 Å². The van der Waals surface area contributed by atoms with Crippen molar-refractivity contribution < 1.29 is 49.1 Å². The molecule has 2 aromatic heterocycles. The number of hydrogen-bond acceptors (Lipinski definition) is 10. The van der Waals surface area contributed by atoms with Crippen LogP contribution in [-0.2, 0) is 20.4 Å². The summed E-state index contributed by atoms with van der Waals surface area (Å²) >= 11 is 11.5. The predicted molar refractivity (Wildman–Crippen MR) is 89.6 cm³/mol. The van der Waals surface area contributed by atoms with E-state index in [1.807, 2.05) is 0 Å². The molecule has 0 saturated carbocycles. The molecule has 0 aromatic carbocycles. The summed E-state index contributed by atoms with van der Waals surface area (Å²) in [5, 5.41) is 9.87. The van der Waals surface area contributed by atoms with Gasteiger partial charge in [-0.05, 0) is 23.2 Å². The summed E-state index contributed by atoms with van der Waals surface area (Å²) in [5.41, 5.74) is 4.40. The van der Waals surface area contributed by atoms with Crippen molar-refractivity contribution in [3.63, 3.8) is 0 Å². The summed E-state index contributed by atoms with van der Waals surface area (Å²) in [6, 6.07) is 0. The quantitative estimate of drug-likeness (QED) is 0.246. The van der Waals surface area contributed by atoms with Gasteiger partial charge in [0.05, 0.1) is 6.10 Å². The van der Waals surface area contributed by atoms with Gasteiger partial charge in [-0.15, -0.1) is 0 Å². The van der Waals surface area contributed by atoms with Crippen molar-refractivity contribution in [2.45, 2.75) is 22.8 Å². The summed E-state index contributed by atoms with van der Waals surface area (Å²) in [5.74, 6) is -0.555. The number of rotatable bonds is 3. The van der Waals surface area contributed by atoms with Gasteiger partial charge in [-0.1, -0.05) is 12.2 Å². The smallest absolute Gasteiger partial charge is 1.00 e. The van der Waals surface area contributed by atoms with Crippen LogP contribution in [0.25, 0.3) is 0 Å². The van der Waals surface area contributed by atoms with Gasteiger partial charge in [-0.2, -0.15) is 8.42 Å². The van der Waals surface area contributed by atoms with Crippen LogP contribution in [0.15, 0.2) is 24.8 Å². The van der Waals surface area contributed by atoms with Crippen LogP contribution < -0.4 is 35.3 Å². The van der Waals surface area contributed by atoms with Crippen LogP contribution in [0.5, 0.6) is 0 Å². The molecule has 140 valence electrons. The molecule has 2 heterocycles. The number of halogens is 2. The van der Waals surface area contributed by atoms with Gasteiger partial charge in [-0.25, -0.2) is 29.9 Å². The van der Waals surface area contributed by atoms with Crippen molar-refractivity contribution in [3.05, 3.63) is 47.0 Å². The molecule has 0 fully saturated rings. The van der Waals surface area contributed by atoms with Gasteiger partial charge in [-0.3, -0.25) is 4.55 Å². The summed E-state index contributed by atoms with van der Waals surface area (Å²) in [7, 11) is -4.86. The minimum atomic E-state index is -4.86. The minimum absolute atomic E-state index is 0. The van der Waals surface area contributed by atoms with Crippen LogP contribution in [0.1, 0.15) is 19.5 Å². The fourth-order valence-corrected chi connectivity index (χ4v) is 3.90. The Morgan fingerprint density at radius 3 is 2.15 bits per heavy atom. The molecular formula is C12H12Cl2N7NaO4S. The van der Waals surface area contributed by atoms with Crippen LogP contribution in [-0.4, -0.2) is 54.1 Å². The van der Waals surface area contributed by atoms with Crippen LogP contribution >= 0.6 is 23.2 Å². The summed E-state index contributed by atoms with van der Waals surface area (Å²) in [6.07, 6.45) is 2.15. The molecule has 0 saturated heterocycles. The van der Waals surface area contributed by atoms with Crippen LogP contribution in [0, 0.1) is 0 Å². The number of aromatic nitrogens is 6. The Bertz CT molecular complexity index is 1000. The average molecular weight is 444 g/mol. The minimum Gasteiger partial charge on any atom is -1.00 e. The Morgan fingerprint density at radius 1 is 1.11 bits per heavy atom. The molecule has 4 N–H and O–H groups in total. The largest absolute Gasteiger partial charge is 1.00 e. The van der Waals surface area contributed by atoms with E-state index in [0.717, 1.165) is 24.8 Å². The maximum absolute atomic E-state index is 12.3. The van der Waals surface area contributed by atoms with Crippen molar-refractivity contribution in [1.29, 1.82) is 0 Å². The SMILES string of the molecule is NC1(c2ncnc(Cl)n2)CC(c2ncnc(Cl)n2)(S(=O)(=O)O)C=CC1O.[H-].[Na+]. The molecule has 0 aliphatic heterocycles. The second-order valence-electron chi connectivity index (χ2n) is 5.54. The van der Waals surface area contributed by atoms with Gasteiger partial charge in [0.2, 0.25) is 10.6 Å². The zero-order valence-corrected chi connectivity index (χ0v) is 18.1. The summed E-state index contributed by atoms with van der Waals surface area (Å²) in [4.78, 5) is 22.5.